The van der Waals surface area contributed by atoms with Crippen molar-refractivity contribution in [2.75, 3.05) is 0 Å². The molecule has 0 spiro atoms. The van der Waals surface area contributed by atoms with Gasteiger partial charge in [0.1, 0.15) is 5.82 Å². The Morgan fingerprint density at radius 1 is 1.47 bits per heavy atom. The summed E-state index contributed by atoms with van der Waals surface area (Å²) in [5.41, 5.74) is 1.07. The molecule has 0 atom stereocenters. The molecule has 76 valence electrons. The van der Waals surface area contributed by atoms with Crippen molar-refractivity contribution >= 4 is 17.3 Å². The van der Waals surface area contributed by atoms with E-state index in [-0.39, 0.29) is 10.8 Å². The Balaban J connectivity index is 2.41. The second-order valence-corrected chi connectivity index (χ2v) is 3.71. The SMILES string of the molecule is O=C(O)c1nc(-c2cccc(F)c2)cs1. The predicted octanol–water partition coefficient (Wildman–Crippen LogP) is 2.65. The quantitative estimate of drug-likeness (QED) is 0.851. The molecular weight excluding hydrogens is 217 g/mol. The summed E-state index contributed by atoms with van der Waals surface area (Å²) in [5, 5.41) is 10.3. The number of carboxylic acid groups (broad SMARTS) is 1. The maximum absolute atomic E-state index is 12.9. The molecule has 1 heterocycles. The van der Waals surface area contributed by atoms with Crippen LogP contribution in [0.1, 0.15) is 9.80 Å². The normalized spacial score (nSPS) is 10.2. The summed E-state index contributed by atoms with van der Waals surface area (Å²) < 4.78 is 12.9. The van der Waals surface area contributed by atoms with E-state index in [1.165, 1.54) is 12.1 Å². The zero-order valence-corrected chi connectivity index (χ0v) is 8.29. The highest BCUT2D eigenvalue weighted by molar-refractivity contribution is 7.11. The van der Waals surface area contributed by atoms with E-state index in [2.05, 4.69) is 4.98 Å². The van der Waals surface area contributed by atoms with Crippen LogP contribution in [-0.2, 0) is 0 Å². The monoisotopic (exact) mass is 223 g/mol. The molecule has 0 bridgehead atoms. The third-order valence-corrected chi connectivity index (χ3v) is 2.64. The molecule has 0 aliphatic carbocycles. The van der Waals surface area contributed by atoms with Crippen molar-refractivity contribution in [3.05, 3.63) is 40.5 Å². The number of hydrogen-bond acceptors (Lipinski definition) is 3. The van der Waals surface area contributed by atoms with Crippen LogP contribution in [0.5, 0.6) is 0 Å². The molecule has 1 N–H and O–H groups in total. The van der Waals surface area contributed by atoms with Crippen LogP contribution in [0.4, 0.5) is 4.39 Å². The van der Waals surface area contributed by atoms with Crippen molar-refractivity contribution in [1.29, 1.82) is 0 Å². The molecule has 0 fully saturated rings. The highest BCUT2D eigenvalue weighted by atomic mass is 32.1. The number of benzene rings is 1. The molecule has 0 aliphatic heterocycles. The first kappa shape index (κ1) is 9.79. The van der Waals surface area contributed by atoms with E-state index in [9.17, 15) is 9.18 Å². The van der Waals surface area contributed by atoms with Crippen molar-refractivity contribution in [2.24, 2.45) is 0 Å². The largest absolute Gasteiger partial charge is 0.476 e. The van der Waals surface area contributed by atoms with Gasteiger partial charge in [-0.1, -0.05) is 12.1 Å². The zero-order valence-electron chi connectivity index (χ0n) is 7.48. The Hall–Kier alpha value is -1.75. The molecule has 0 saturated heterocycles. The minimum Gasteiger partial charge on any atom is -0.476 e. The lowest BCUT2D eigenvalue weighted by Gasteiger charge is -1.95. The lowest BCUT2D eigenvalue weighted by Crippen LogP contribution is -1.94. The fourth-order valence-corrected chi connectivity index (χ4v) is 1.82. The molecule has 2 aromatic rings. The third-order valence-electron chi connectivity index (χ3n) is 1.81. The fraction of sp³-hybridized carbons (Fsp3) is 0. The number of carboxylic acids is 1. The van der Waals surface area contributed by atoms with Crippen LogP contribution in [0.15, 0.2) is 29.6 Å². The summed E-state index contributed by atoms with van der Waals surface area (Å²) in [4.78, 5) is 14.5. The molecule has 0 aliphatic rings. The van der Waals surface area contributed by atoms with Crippen molar-refractivity contribution < 1.29 is 14.3 Å². The molecule has 2 rings (SSSR count). The lowest BCUT2D eigenvalue weighted by molar-refractivity contribution is 0.0696. The summed E-state index contributed by atoms with van der Waals surface area (Å²) in [5.74, 6) is -1.43. The Kier molecular flexibility index (Phi) is 2.47. The number of rotatable bonds is 2. The number of carbonyl (C=O) groups is 1. The number of aromatic nitrogens is 1. The second-order valence-electron chi connectivity index (χ2n) is 2.85. The van der Waals surface area contributed by atoms with Crippen LogP contribution in [0, 0.1) is 5.82 Å². The van der Waals surface area contributed by atoms with E-state index in [1.54, 1.807) is 17.5 Å². The van der Waals surface area contributed by atoms with Crippen molar-refractivity contribution in [3.63, 3.8) is 0 Å². The first-order valence-corrected chi connectivity index (χ1v) is 4.99. The molecule has 1 aromatic heterocycles. The van der Waals surface area contributed by atoms with Crippen LogP contribution >= 0.6 is 11.3 Å². The average Bonchev–Trinajstić information content (AvgIpc) is 2.66. The van der Waals surface area contributed by atoms with Crippen molar-refractivity contribution in [2.45, 2.75) is 0 Å². The Bertz CT molecular complexity index is 510. The maximum atomic E-state index is 12.9. The van der Waals surface area contributed by atoms with Gasteiger partial charge in [-0.05, 0) is 12.1 Å². The first-order chi connectivity index (χ1) is 7.16. The molecule has 5 heteroatoms. The summed E-state index contributed by atoms with van der Waals surface area (Å²) in [6.07, 6.45) is 0. The third kappa shape index (κ3) is 2.02. The highest BCUT2D eigenvalue weighted by Crippen LogP contribution is 2.22. The molecule has 0 amide bonds. The lowest BCUT2D eigenvalue weighted by atomic mass is 10.2. The van der Waals surface area contributed by atoms with Gasteiger partial charge < -0.3 is 5.11 Å². The van der Waals surface area contributed by atoms with E-state index >= 15 is 0 Å². The van der Waals surface area contributed by atoms with E-state index in [1.807, 2.05) is 0 Å². The summed E-state index contributed by atoms with van der Waals surface area (Å²) in [6.45, 7) is 0. The van der Waals surface area contributed by atoms with Gasteiger partial charge in [-0.2, -0.15) is 0 Å². The number of thiazole rings is 1. The molecule has 0 radical (unpaired) electrons. The minimum absolute atomic E-state index is 0.00858. The molecule has 3 nitrogen and oxygen atoms in total. The summed E-state index contributed by atoms with van der Waals surface area (Å²) in [7, 11) is 0. The molecule has 0 unspecified atom stereocenters. The van der Waals surface area contributed by atoms with Crippen molar-refractivity contribution in [1.82, 2.24) is 4.98 Å². The number of hydrogen-bond donors (Lipinski definition) is 1. The zero-order chi connectivity index (χ0) is 10.8. The van der Waals surface area contributed by atoms with Crippen LogP contribution in [0.3, 0.4) is 0 Å². The second kappa shape index (κ2) is 3.78. The van der Waals surface area contributed by atoms with Crippen LogP contribution in [0.2, 0.25) is 0 Å². The van der Waals surface area contributed by atoms with Gasteiger partial charge in [0.05, 0.1) is 5.69 Å². The molecule has 0 saturated carbocycles. The predicted molar refractivity (Wildman–Crippen MR) is 54.5 cm³/mol. The highest BCUT2D eigenvalue weighted by Gasteiger charge is 2.10. The smallest absolute Gasteiger partial charge is 0.365 e. The van der Waals surface area contributed by atoms with Crippen molar-refractivity contribution in [3.8, 4) is 11.3 Å². The summed E-state index contributed by atoms with van der Waals surface area (Å²) in [6, 6.07) is 5.89. The average molecular weight is 223 g/mol. The van der Waals surface area contributed by atoms with Gasteiger partial charge in [0.15, 0.2) is 0 Å². The van der Waals surface area contributed by atoms with E-state index in [0.717, 1.165) is 11.3 Å². The van der Waals surface area contributed by atoms with Crippen LogP contribution < -0.4 is 0 Å². The first-order valence-electron chi connectivity index (χ1n) is 4.11. The van der Waals surface area contributed by atoms with Crippen LogP contribution in [0.25, 0.3) is 11.3 Å². The number of nitrogens with zero attached hydrogens (tertiary/aromatic N) is 1. The van der Waals surface area contributed by atoms with Gasteiger partial charge in [-0.25, -0.2) is 14.2 Å². The number of halogens is 1. The molecule has 1 aromatic carbocycles. The Morgan fingerprint density at radius 2 is 2.27 bits per heavy atom. The minimum atomic E-state index is -1.07. The summed E-state index contributed by atoms with van der Waals surface area (Å²) >= 11 is 1.03. The Labute approximate surface area is 88.8 Å². The van der Waals surface area contributed by atoms with Gasteiger partial charge in [0, 0.05) is 10.9 Å². The van der Waals surface area contributed by atoms with E-state index in [0.29, 0.717) is 11.3 Å². The maximum Gasteiger partial charge on any atom is 0.365 e. The van der Waals surface area contributed by atoms with Gasteiger partial charge in [-0.3, -0.25) is 0 Å². The number of aromatic carboxylic acids is 1. The van der Waals surface area contributed by atoms with Crippen LogP contribution in [-0.4, -0.2) is 16.1 Å². The standard InChI is InChI=1S/C10H6FNO2S/c11-7-3-1-2-6(4-7)8-5-15-9(12-8)10(13)14/h1-5H,(H,13,14). The topological polar surface area (TPSA) is 50.2 Å². The van der Waals surface area contributed by atoms with E-state index < -0.39 is 5.97 Å². The Morgan fingerprint density at radius 3 is 2.87 bits per heavy atom. The van der Waals surface area contributed by atoms with Gasteiger partial charge >= 0.3 is 5.97 Å². The van der Waals surface area contributed by atoms with Gasteiger partial charge in [0.25, 0.3) is 0 Å². The fourth-order valence-electron chi connectivity index (χ4n) is 1.15. The molecule has 15 heavy (non-hydrogen) atoms. The van der Waals surface area contributed by atoms with E-state index in [4.69, 9.17) is 5.11 Å². The van der Waals surface area contributed by atoms with Gasteiger partial charge in [-0.15, -0.1) is 11.3 Å². The van der Waals surface area contributed by atoms with Gasteiger partial charge in [0.2, 0.25) is 5.01 Å². The molecular formula is C10H6FNO2S.